The Bertz CT molecular complexity index is 1240. The van der Waals surface area contributed by atoms with Gasteiger partial charge in [0.25, 0.3) is 5.56 Å². The number of carbonyl (C=O) groups excluding carboxylic acids is 1. The number of anilines is 1. The number of hydrogen-bond acceptors (Lipinski definition) is 5. The van der Waals surface area contributed by atoms with E-state index in [4.69, 9.17) is 5.11 Å². The number of aromatic amines is 1. The largest absolute Gasteiger partial charge is 0.501 e. The summed E-state index contributed by atoms with van der Waals surface area (Å²) >= 11 is 0. The van der Waals surface area contributed by atoms with Gasteiger partial charge >= 0.3 is 18.2 Å². The number of urea groups is 1. The normalized spacial score (nSPS) is 11.1. The predicted molar refractivity (Wildman–Crippen MR) is 106 cm³/mol. The average Bonchev–Trinajstić information content (AvgIpc) is 2.74. The molecular weight excluding hydrogens is 433 g/mol. The molecule has 0 unspecified atom stereocenters. The van der Waals surface area contributed by atoms with Crippen LogP contribution in [-0.4, -0.2) is 32.2 Å². The van der Waals surface area contributed by atoms with E-state index in [1.807, 2.05) is 0 Å². The number of nitrogens with one attached hydrogen (secondary N) is 3. The third-order valence-electron chi connectivity index (χ3n) is 4.29. The van der Waals surface area contributed by atoms with Crippen LogP contribution in [0.25, 0.3) is 11.4 Å². The standard InChI is InChI=1S/C20H15F3N4O5/c21-20(22,23)12-7-3-1-5-10(12)9-24-19(32)25-13-8-4-2-6-11(13)16-26-14(18(30)31)15(28)17(29)27-16/h1-8,28H,9H2,(H,30,31)(H2,24,25,32)(H,26,27,29). The summed E-state index contributed by atoms with van der Waals surface area (Å²) in [6, 6.07) is 9.79. The number of aromatic hydroxyl groups is 1. The Morgan fingerprint density at radius 1 is 1.06 bits per heavy atom. The van der Waals surface area contributed by atoms with Gasteiger partial charge in [-0.05, 0) is 23.8 Å². The Morgan fingerprint density at radius 3 is 2.41 bits per heavy atom. The highest BCUT2D eigenvalue weighted by atomic mass is 19.4. The van der Waals surface area contributed by atoms with Crippen molar-refractivity contribution in [3.8, 4) is 17.1 Å². The molecule has 0 aliphatic heterocycles. The van der Waals surface area contributed by atoms with Gasteiger partial charge in [-0.15, -0.1) is 0 Å². The molecule has 0 aliphatic rings. The van der Waals surface area contributed by atoms with E-state index in [1.165, 1.54) is 42.5 Å². The van der Waals surface area contributed by atoms with E-state index in [9.17, 15) is 32.7 Å². The molecule has 0 radical (unpaired) electrons. The van der Waals surface area contributed by atoms with E-state index < -0.39 is 47.3 Å². The molecule has 0 spiro atoms. The summed E-state index contributed by atoms with van der Waals surface area (Å²) in [6.45, 7) is -0.416. The van der Waals surface area contributed by atoms with E-state index in [0.717, 1.165) is 6.07 Å². The first-order valence-electron chi connectivity index (χ1n) is 8.94. The number of hydrogen-bond donors (Lipinski definition) is 5. The summed E-state index contributed by atoms with van der Waals surface area (Å²) in [4.78, 5) is 41.3. The molecule has 3 rings (SSSR count). The molecular formula is C20H15F3N4O5. The lowest BCUT2D eigenvalue weighted by molar-refractivity contribution is -0.138. The third-order valence-corrected chi connectivity index (χ3v) is 4.29. The maximum absolute atomic E-state index is 13.1. The van der Waals surface area contributed by atoms with Crippen LogP contribution >= 0.6 is 0 Å². The quantitative estimate of drug-likeness (QED) is 0.406. The Morgan fingerprint density at radius 2 is 1.72 bits per heavy atom. The van der Waals surface area contributed by atoms with Crippen LogP contribution in [0, 0.1) is 0 Å². The number of carboxylic acids is 1. The van der Waals surface area contributed by atoms with Crippen LogP contribution in [0.5, 0.6) is 5.75 Å². The van der Waals surface area contributed by atoms with Crippen LogP contribution < -0.4 is 16.2 Å². The van der Waals surface area contributed by atoms with Crippen molar-refractivity contribution in [3.63, 3.8) is 0 Å². The van der Waals surface area contributed by atoms with Crippen molar-refractivity contribution in [1.29, 1.82) is 0 Å². The molecule has 0 aliphatic carbocycles. The van der Waals surface area contributed by atoms with Gasteiger partial charge in [0.2, 0.25) is 5.75 Å². The highest BCUT2D eigenvalue weighted by molar-refractivity contribution is 5.94. The first-order chi connectivity index (χ1) is 15.1. The van der Waals surface area contributed by atoms with Crippen molar-refractivity contribution in [2.75, 3.05) is 5.32 Å². The third kappa shape index (κ3) is 4.86. The molecule has 3 aromatic rings. The fraction of sp³-hybridized carbons (Fsp3) is 0.100. The van der Waals surface area contributed by atoms with Gasteiger partial charge in [0.05, 0.1) is 11.3 Å². The number of aromatic carboxylic acids is 1. The van der Waals surface area contributed by atoms with Gasteiger partial charge in [-0.1, -0.05) is 30.3 Å². The molecule has 32 heavy (non-hydrogen) atoms. The molecule has 0 fully saturated rings. The molecule has 2 amide bonds. The number of aromatic nitrogens is 2. The maximum atomic E-state index is 13.1. The predicted octanol–water partition coefficient (Wildman–Crippen LogP) is 3.18. The van der Waals surface area contributed by atoms with Gasteiger partial charge in [0.15, 0.2) is 5.69 Å². The van der Waals surface area contributed by atoms with E-state index in [1.54, 1.807) is 0 Å². The van der Waals surface area contributed by atoms with Gasteiger partial charge in [0, 0.05) is 12.1 Å². The lowest BCUT2D eigenvalue weighted by atomic mass is 10.1. The highest BCUT2D eigenvalue weighted by Crippen LogP contribution is 2.32. The Kier molecular flexibility index (Phi) is 6.14. The van der Waals surface area contributed by atoms with Crippen molar-refractivity contribution in [1.82, 2.24) is 15.3 Å². The molecule has 0 saturated carbocycles. The first-order valence-corrected chi connectivity index (χ1v) is 8.94. The lowest BCUT2D eigenvalue weighted by Crippen LogP contribution is -2.29. The number of halogens is 3. The van der Waals surface area contributed by atoms with E-state index in [0.29, 0.717) is 0 Å². The number of H-pyrrole nitrogens is 1. The van der Waals surface area contributed by atoms with E-state index in [-0.39, 0.29) is 22.6 Å². The summed E-state index contributed by atoms with van der Waals surface area (Å²) in [5.74, 6) is -2.96. The molecule has 9 nitrogen and oxygen atoms in total. The molecule has 0 bridgehead atoms. The van der Waals surface area contributed by atoms with Crippen LogP contribution in [0.1, 0.15) is 21.6 Å². The van der Waals surface area contributed by atoms with Crippen molar-refractivity contribution < 1.29 is 33.0 Å². The summed E-state index contributed by atoms with van der Waals surface area (Å²) in [5.41, 5.74) is -2.81. The molecule has 5 N–H and O–H groups in total. The summed E-state index contributed by atoms with van der Waals surface area (Å²) in [5, 5.41) is 23.4. The smallest absolute Gasteiger partial charge is 0.416 e. The van der Waals surface area contributed by atoms with Crippen LogP contribution in [0.2, 0.25) is 0 Å². The van der Waals surface area contributed by atoms with Gasteiger partial charge < -0.3 is 25.8 Å². The summed E-state index contributed by atoms with van der Waals surface area (Å²) in [6.07, 6.45) is -4.58. The van der Waals surface area contributed by atoms with Crippen molar-refractivity contribution in [2.24, 2.45) is 0 Å². The highest BCUT2D eigenvalue weighted by Gasteiger charge is 2.32. The lowest BCUT2D eigenvalue weighted by Gasteiger charge is -2.15. The fourth-order valence-electron chi connectivity index (χ4n) is 2.84. The van der Waals surface area contributed by atoms with Crippen molar-refractivity contribution >= 4 is 17.7 Å². The first kappa shape index (κ1) is 22.3. The maximum Gasteiger partial charge on any atom is 0.416 e. The number of para-hydroxylation sites is 1. The van der Waals surface area contributed by atoms with Gasteiger partial charge in [-0.25, -0.2) is 14.6 Å². The summed E-state index contributed by atoms with van der Waals surface area (Å²) in [7, 11) is 0. The number of alkyl halides is 3. The minimum atomic E-state index is -4.58. The zero-order chi connectivity index (χ0) is 23.5. The second-order valence-corrected chi connectivity index (χ2v) is 6.43. The minimum Gasteiger partial charge on any atom is -0.501 e. The number of amides is 2. The number of carboxylic acid groups (broad SMARTS) is 1. The van der Waals surface area contributed by atoms with E-state index in [2.05, 4.69) is 20.6 Å². The molecule has 2 aromatic carbocycles. The van der Waals surface area contributed by atoms with E-state index >= 15 is 0 Å². The minimum absolute atomic E-state index is 0.0827. The van der Waals surface area contributed by atoms with Crippen LogP contribution in [-0.2, 0) is 12.7 Å². The number of carbonyl (C=O) groups is 2. The van der Waals surface area contributed by atoms with Crippen LogP contribution in [0.15, 0.2) is 53.3 Å². The Balaban J connectivity index is 1.83. The zero-order valence-corrected chi connectivity index (χ0v) is 16.0. The average molecular weight is 448 g/mol. The van der Waals surface area contributed by atoms with Crippen molar-refractivity contribution in [3.05, 3.63) is 75.7 Å². The zero-order valence-electron chi connectivity index (χ0n) is 16.0. The molecule has 1 aromatic heterocycles. The van der Waals surface area contributed by atoms with Gasteiger partial charge in [0.1, 0.15) is 5.82 Å². The molecule has 12 heteroatoms. The van der Waals surface area contributed by atoms with Gasteiger partial charge in [-0.3, -0.25) is 4.79 Å². The second kappa shape index (κ2) is 8.79. The van der Waals surface area contributed by atoms with Crippen molar-refractivity contribution in [2.45, 2.75) is 12.7 Å². The second-order valence-electron chi connectivity index (χ2n) is 6.43. The number of nitrogens with zero attached hydrogens (tertiary/aromatic N) is 1. The number of benzene rings is 2. The van der Waals surface area contributed by atoms with Crippen LogP contribution in [0.4, 0.5) is 23.7 Å². The molecule has 0 atom stereocenters. The Hall–Kier alpha value is -4.35. The van der Waals surface area contributed by atoms with Gasteiger partial charge in [-0.2, -0.15) is 13.2 Å². The molecule has 0 saturated heterocycles. The molecule has 1 heterocycles. The topological polar surface area (TPSA) is 144 Å². The SMILES string of the molecule is O=C(NCc1ccccc1C(F)(F)F)Nc1ccccc1-c1nc(C(=O)O)c(O)c(=O)[nH]1. The monoisotopic (exact) mass is 448 g/mol. The Labute approximate surface area is 177 Å². The van der Waals surface area contributed by atoms with Crippen LogP contribution in [0.3, 0.4) is 0 Å². The fourth-order valence-corrected chi connectivity index (χ4v) is 2.84. The number of rotatable bonds is 5. The molecule has 166 valence electrons. The summed E-state index contributed by atoms with van der Waals surface area (Å²) < 4.78 is 39.3.